The maximum atomic E-state index is 11.7. The zero-order chi connectivity index (χ0) is 13.7. The Kier molecular flexibility index (Phi) is 4.09. The van der Waals surface area contributed by atoms with E-state index in [0.717, 1.165) is 36.1 Å². The lowest BCUT2D eigenvalue weighted by atomic mass is 10.0. The van der Waals surface area contributed by atoms with E-state index in [1.165, 1.54) is 0 Å². The lowest BCUT2D eigenvalue weighted by Crippen LogP contribution is -2.14. The van der Waals surface area contributed by atoms with Gasteiger partial charge in [0.25, 0.3) is 5.56 Å². The molecule has 0 spiro atoms. The van der Waals surface area contributed by atoms with Gasteiger partial charge in [0.1, 0.15) is 11.6 Å². The van der Waals surface area contributed by atoms with Crippen molar-refractivity contribution in [3.05, 3.63) is 52.2 Å². The summed E-state index contributed by atoms with van der Waals surface area (Å²) in [6.45, 7) is 2.11. The molecule has 0 amide bonds. The molecule has 0 aromatic carbocycles. The number of aromatic nitrogens is 2. The molecule has 0 aliphatic rings. The topological polar surface area (TPSA) is 69.5 Å². The van der Waals surface area contributed by atoms with Crippen molar-refractivity contribution in [2.45, 2.75) is 26.2 Å². The van der Waals surface area contributed by atoms with Gasteiger partial charge in [-0.1, -0.05) is 13.3 Å². The molecule has 2 heterocycles. The van der Waals surface area contributed by atoms with Gasteiger partial charge in [-0.15, -0.1) is 0 Å². The Balaban J connectivity index is 2.56. The predicted octanol–water partition coefficient (Wildman–Crippen LogP) is 2.65. The molecule has 0 aliphatic carbocycles. The highest BCUT2D eigenvalue weighted by Gasteiger charge is 2.10. The summed E-state index contributed by atoms with van der Waals surface area (Å²) in [5, 5.41) is 8.97. The summed E-state index contributed by atoms with van der Waals surface area (Å²) in [4.78, 5) is 18.5. The number of hydrogen-bond donors (Lipinski definition) is 1. The normalized spacial score (nSPS) is 10.1. The molecule has 0 radical (unpaired) electrons. The van der Waals surface area contributed by atoms with Gasteiger partial charge in [-0.05, 0) is 36.6 Å². The Morgan fingerprint density at radius 3 is 2.74 bits per heavy atom. The zero-order valence-electron chi connectivity index (χ0n) is 10.8. The molecule has 0 saturated carbocycles. The SMILES string of the molecule is CCCCc1[nH]c(=O)c(C#N)cc1-c1ccncc1. The molecule has 4 nitrogen and oxygen atoms in total. The van der Waals surface area contributed by atoms with E-state index < -0.39 is 0 Å². The molecular weight excluding hydrogens is 238 g/mol. The van der Waals surface area contributed by atoms with E-state index in [-0.39, 0.29) is 11.1 Å². The van der Waals surface area contributed by atoms with Gasteiger partial charge in [-0.3, -0.25) is 9.78 Å². The predicted molar refractivity (Wildman–Crippen MR) is 73.6 cm³/mol. The fraction of sp³-hybridized carbons (Fsp3) is 0.267. The van der Waals surface area contributed by atoms with E-state index >= 15 is 0 Å². The first-order valence-corrected chi connectivity index (χ1v) is 6.33. The van der Waals surface area contributed by atoms with Gasteiger partial charge in [0.2, 0.25) is 0 Å². The van der Waals surface area contributed by atoms with E-state index in [1.807, 2.05) is 18.2 Å². The maximum Gasteiger partial charge on any atom is 0.266 e. The molecule has 0 saturated heterocycles. The van der Waals surface area contributed by atoms with Gasteiger partial charge >= 0.3 is 0 Å². The van der Waals surface area contributed by atoms with Crippen molar-refractivity contribution in [1.82, 2.24) is 9.97 Å². The Morgan fingerprint density at radius 2 is 2.11 bits per heavy atom. The average Bonchev–Trinajstić information content (AvgIpc) is 2.46. The van der Waals surface area contributed by atoms with Crippen LogP contribution in [0, 0.1) is 11.3 Å². The van der Waals surface area contributed by atoms with Crippen LogP contribution >= 0.6 is 0 Å². The van der Waals surface area contributed by atoms with Gasteiger partial charge < -0.3 is 4.98 Å². The Labute approximate surface area is 111 Å². The molecule has 0 aliphatic heterocycles. The fourth-order valence-electron chi connectivity index (χ4n) is 1.99. The third-order valence-electron chi connectivity index (χ3n) is 3.01. The first-order valence-electron chi connectivity index (χ1n) is 6.33. The number of H-pyrrole nitrogens is 1. The standard InChI is InChI=1S/C15H15N3O/c1-2-3-4-14-13(11-5-7-17-8-6-11)9-12(10-16)15(19)18-14/h5-9H,2-4H2,1H3,(H,18,19). The van der Waals surface area contributed by atoms with Crippen LogP contribution in [0.3, 0.4) is 0 Å². The molecular formula is C15H15N3O. The van der Waals surface area contributed by atoms with E-state index in [1.54, 1.807) is 18.5 Å². The van der Waals surface area contributed by atoms with Crippen LogP contribution in [0.15, 0.2) is 35.4 Å². The van der Waals surface area contributed by atoms with Crippen LogP contribution in [0.5, 0.6) is 0 Å². The minimum Gasteiger partial charge on any atom is -0.324 e. The lowest BCUT2D eigenvalue weighted by molar-refractivity contribution is 0.775. The number of pyridine rings is 2. The smallest absolute Gasteiger partial charge is 0.266 e. The molecule has 1 N–H and O–H groups in total. The summed E-state index contributed by atoms with van der Waals surface area (Å²) in [6, 6.07) is 7.35. The van der Waals surface area contributed by atoms with E-state index in [9.17, 15) is 4.79 Å². The monoisotopic (exact) mass is 253 g/mol. The van der Waals surface area contributed by atoms with E-state index in [2.05, 4.69) is 16.9 Å². The third-order valence-corrected chi connectivity index (χ3v) is 3.01. The molecule has 2 aromatic rings. The molecule has 0 fully saturated rings. The third kappa shape index (κ3) is 2.89. The first kappa shape index (κ1) is 13.0. The van der Waals surface area contributed by atoms with Crippen molar-refractivity contribution < 1.29 is 0 Å². The number of nitrogens with zero attached hydrogens (tertiary/aromatic N) is 2. The summed E-state index contributed by atoms with van der Waals surface area (Å²) >= 11 is 0. The second-order valence-electron chi connectivity index (χ2n) is 4.36. The largest absolute Gasteiger partial charge is 0.324 e. The van der Waals surface area contributed by atoms with Crippen molar-refractivity contribution in [2.75, 3.05) is 0 Å². The fourth-order valence-corrected chi connectivity index (χ4v) is 1.99. The molecule has 4 heteroatoms. The highest BCUT2D eigenvalue weighted by molar-refractivity contribution is 5.66. The van der Waals surface area contributed by atoms with Crippen LogP contribution in [0.25, 0.3) is 11.1 Å². The quantitative estimate of drug-likeness (QED) is 0.910. The number of nitriles is 1. The van der Waals surface area contributed by atoms with Gasteiger partial charge in [-0.25, -0.2) is 0 Å². The van der Waals surface area contributed by atoms with Crippen molar-refractivity contribution in [2.24, 2.45) is 0 Å². The summed E-state index contributed by atoms with van der Waals surface area (Å²) in [7, 11) is 0. The van der Waals surface area contributed by atoms with Gasteiger partial charge in [0.15, 0.2) is 0 Å². The average molecular weight is 253 g/mol. The van der Waals surface area contributed by atoms with Crippen molar-refractivity contribution in [3.63, 3.8) is 0 Å². The van der Waals surface area contributed by atoms with Crippen LogP contribution in [0.4, 0.5) is 0 Å². The van der Waals surface area contributed by atoms with Crippen LogP contribution in [-0.4, -0.2) is 9.97 Å². The van der Waals surface area contributed by atoms with Crippen molar-refractivity contribution in [3.8, 4) is 17.2 Å². The number of unbranched alkanes of at least 4 members (excludes halogenated alkanes) is 1. The number of aromatic amines is 1. The van der Waals surface area contributed by atoms with E-state index in [0.29, 0.717) is 0 Å². The minimum atomic E-state index is -0.314. The Morgan fingerprint density at radius 1 is 1.37 bits per heavy atom. The molecule has 2 aromatic heterocycles. The Bertz CT molecular complexity index is 653. The molecule has 19 heavy (non-hydrogen) atoms. The second-order valence-corrected chi connectivity index (χ2v) is 4.36. The molecule has 0 unspecified atom stereocenters. The summed E-state index contributed by atoms with van der Waals surface area (Å²) in [5.74, 6) is 0. The number of nitrogens with one attached hydrogen (secondary N) is 1. The highest BCUT2D eigenvalue weighted by Crippen LogP contribution is 2.22. The number of aryl methyl sites for hydroxylation is 1. The molecule has 96 valence electrons. The summed E-state index contributed by atoms with van der Waals surface area (Å²) in [5.41, 5.74) is 2.59. The summed E-state index contributed by atoms with van der Waals surface area (Å²) < 4.78 is 0. The van der Waals surface area contributed by atoms with E-state index in [4.69, 9.17) is 5.26 Å². The molecule has 0 atom stereocenters. The van der Waals surface area contributed by atoms with Crippen LogP contribution < -0.4 is 5.56 Å². The van der Waals surface area contributed by atoms with Gasteiger partial charge in [0, 0.05) is 23.7 Å². The van der Waals surface area contributed by atoms with Crippen LogP contribution in [0.1, 0.15) is 31.0 Å². The molecule has 2 rings (SSSR count). The molecule has 0 bridgehead atoms. The van der Waals surface area contributed by atoms with Gasteiger partial charge in [0.05, 0.1) is 0 Å². The number of hydrogen-bond acceptors (Lipinski definition) is 3. The first-order chi connectivity index (χ1) is 9.26. The maximum absolute atomic E-state index is 11.7. The zero-order valence-corrected chi connectivity index (χ0v) is 10.8. The van der Waals surface area contributed by atoms with Crippen molar-refractivity contribution >= 4 is 0 Å². The van der Waals surface area contributed by atoms with Crippen molar-refractivity contribution in [1.29, 1.82) is 5.26 Å². The van der Waals surface area contributed by atoms with Crippen LogP contribution in [0.2, 0.25) is 0 Å². The van der Waals surface area contributed by atoms with Crippen LogP contribution in [-0.2, 0) is 6.42 Å². The lowest BCUT2D eigenvalue weighted by Gasteiger charge is -2.09. The second kappa shape index (κ2) is 5.96. The minimum absolute atomic E-state index is 0.145. The number of rotatable bonds is 4. The Hall–Kier alpha value is -2.41. The van der Waals surface area contributed by atoms with Gasteiger partial charge in [-0.2, -0.15) is 5.26 Å². The highest BCUT2D eigenvalue weighted by atomic mass is 16.1. The summed E-state index contributed by atoms with van der Waals surface area (Å²) in [6.07, 6.45) is 6.26.